The van der Waals surface area contributed by atoms with Gasteiger partial charge in [-0.05, 0) is 54.7 Å². The number of piperidine rings is 1. The fraction of sp³-hybridized carbons (Fsp3) is 0.636. The molecule has 1 aliphatic heterocycles. The molecule has 142 valence electrons. The number of amides is 2. The second-order valence-corrected chi connectivity index (χ2v) is 8.08. The summed E-state index contributed by atoms with van der Waals surface area (Å²) in [6.45, 7) is 10.5. The molecule has 4 atom stereocenters. The van der Waals surface area contributed by atoms with Gasteiger partial charge in [0, 0.05) is 26.1 Å². The number of fused-ring (bicyclic) bond motifs is 1. The Balaban J connectivity index is 1.57. The Morgan fingerprint density at radius 1 is 1.15 bits per heavy atom. The highest BCUT2D eigenvalue weighted by atomic mass is 16.2. The zero-order valence-corrected chi connectivity index (χ0v) is 16.5. The SMILES string of the molecule is CCC[C@H](CNC(=O)CC)C(=O)N1C[C@@H]2[C@H](C1)[C@H]2c1ccc(C)c(C)c1. The Bertz CT molecular complexity index is 673. The maximum Gasteiger partial charge on any atom is 0.227 e. The van der Waals surface area contributed by atoms with Crippen LogP contribution < -0.4 is 5.32 Å². The molecule has 0 unspecified atom stereocenters. The van der Waals surface area contributed by atoms with Crippen LogP contribution in [0.1, 0.15) is 55.7 Å². The number of carbonyl (C=O) groups is 2. The first-order chi connectivity index (χ1) is 12.5. The summed E-state index contributed by atoms with van der Waals surface area (Å²) in [5.74, 6) is 2.05. The molecule has 3 rings (SSSR count). The molecule has 1 aliphatic carbocycles. The third-order valence-electron chi connectivity index (χ3n) is 6.27. The molecule has 1 saturated heterocycles. The Morgan fingerprint density at radius 3 is 2.42 bits per heavy atom. The van der Waals surface area contributed by atoms with Crippen LogP contribution in [0, 0.1) is 31.6 Å². The molecule has 0 aromatic heterocycles. The third kappa shape index (κ3) is 3.79. The smallest absolute Gasteiger partial charge is 0.227 e. The lowest BCUT2D eigenvalue weighted by atomic mass is 9.99. The standard InChI is InChI=1S/C22H32N2O2/c1-5-7-17(11-23-20(25)6-2)22(26)24-12-18-19(13-24)21(18)16-9-8-14(3)15(4)10-16/h8-10,17-19,21H,5-7,11-13H2,1-4H3,(H,23,25)/t17-,18-,19+,21+/m1/s1. The minimum atomic E-state index is -0.0759. The van der Waals surface area contributed by atoms with E-state index >= 15 is 0 Å². The average Bonchev–Trinajstić information content (AvgIpc) is 3.13. The first-order valence-electron chi connectivity index (χ1n) is 10.1. The topological polar surface area (TPSA) is 49.4 Å². The molecule has 4 nitrogen and oxygen atoms in total. The van der Waals surface area contributed by atoms with Gasteiger partial charge in [-0.2, -0.15) is 0 Å². The fourth-order valence-electron chi connectivity index (χ4n) is 4.45. The molecule has 1 saturated carbocycles. The van der Waals surface area contributed by atoms with Crippen molar-refractivity contribution in [3.63, 3.8) is 0 Å². The van der Waals surface area contributed by atoms with Gasteiger partial charge in [0.15, 0.2) is 0 Å². The van der Waals surface area contributed by atoms with E-state index in [0.29, 0.717) is 30.7 Å². The molecule has 0 bridgehead atoms. The number of carbonyl (C=O) groups excluding carboxylic acids is 2. The van der Waals surface area contributed by atoms with Crippen molar-refractivity contribution >= 4 is 11.8 Å². The van der Waals surface area contributed by atoms with E-state index in [1.54, 1.807) is 0 Å². The van der Waals surface area contributed by atoms with E-state index < -0.39 is 0 Å². The maximum absolute atomic E-state index is 12.9. The second kappa shape index (κ2) is 7.81. The lowest BCUT2D eigenvalue weighted by molar-refractivity contribution is -0.135. The van der Waals surface area contributed by atoms with Crippen molar-refractivity contribution in [3.8, 4) is 0 Å². The van der Waals surface area contributed by atoms with Gasteiger partial charge in [0.05, 0.1) is 5.92 Å². The monoisotopic (exact) mass is 356 g/mol. The van der Waals surface area contributed by atoms with Gasteiger partial charge in [0.1, 0.15) is 0 Å². The number of nitrogens with zero attached hydrogens (tertiary/aromatic N) is 1. The summed E-state index contributed by atoms with van der Waals surface area (Å²) >= 11 is 0. The number of hydrogen-bond donors (Lipinski definition) is 1. The first kappa shape index (κ1) is 18.9. The molecule has 2 fully saturated rings. The number of rotatable bonds is 7. The van der Waals surface area contributed by atoms with E-state index in [4.69, 9.17) is 0 Å². The van der Waals surface area contributed by atoms with Crippen molar-refractivity contribution in [2.24, 2.45) is 17.8 Å². The van der Waals surface area contributed by atoms with Crippen molar-refractivity contribution in [1.82, 2.24) is 10.2 Å². The third-order valence-corrected chi connectivity index (χ3v) is 6.27. The van der Waals surface area contributed by atoms with Crippen LogP contribution in [0.3, 0.4) is 0 Å². The van der Waals surface area contributed by atoms with Crippen molar-refractivity contribution in [2.75, 3.05) is 19.6 Å². The van der Waals surface area contributed by atoms with E-state index in [-0.39, 0.29) is 17.7 Å². The molecule has 0 radical (unpaired) electrons. The fourth-order valence-corrected chi connectivity index (χ4v) is 4.45. The second-order valence-electron chi connectivity index (χ2n) is 8.08. The highest BCUT2D eigenvalue weighted by Crippen LogP contribution is 2.58. The van der Waals surface area contributed by atoms with Crippen molar-refractivity contribution in [3.05, 3.63) is 34.9 Å². The summed E-state index contributed by atoms with van der Waals surface area (Å²) in [7, 11) is 0. The minimum absolute atomic E-state index is 0.0259. The van der Waals surface area contributed by atoms with Crippen LogP contribution in [0.5, 0.6) is 0 Å². The summed E-state index contributed by atoms with van der Waals surface area (Å²) in [5.41, 5.74) is 4.14. The van der Waals surface area contributed by atoms with Gasteiger partial charge < -0.3 is 10.2 Å². The Morgan fingerprint density at radius 2 is 1.85 bits per heavy atom. The number of likely N-dealkylation sites (tertiary alicyclic amines) is 1. The van der Waals surface area contributed by atoms with Gasteiger partial charge in [0.25, 0.3) is 0 Å². The lowest BCUT2D eigenvalue weighted by Gasteiger charge is -2.26. The molecule has 2 amide bonds. The predicted octanol–water partition coefficient (Wildman–Crippen LogP) is 3.42. The number of benzene rings is 1. The van der Waals surface area contributed by atoms with E-state index in [9.17, 15) is 9.59 Å². The normalized spacial score (nSPS) is 24.9. The van der Waals surface area contributed by atoms with Crippen LogP contribution in [0.25, 0.3) is 0 Å². The number of nitrogens with one attached hydrogen (secondary N) is 1. The molecule has 4 heteroatoms. The highest BCUT2D eigenvalue weighted by Gasteiger charge is 2.57. The van der Waals surface area contributed by atoms with E-state index in [0.717, 1.165) is 25.9 Å². The highest BCUT2D eigenvalue weighted by molar-refractivity contribution is 5.81. The maximum atomic E-state index is 12.9. The average molecular weight is 357 g/mol. The molecular weight excluding hydrogens is 324 g/mol. The lowest BCUT2D eigenvalue weighted by Crippen LogP contribution is -2.41. The minimum Gasteiger partial charge on any atom is -0.355 e. The quantitative estimate of drug-likeness (QED) is 0.814. The van der Waals surface area contributed by atoms with E-state index in [1.165, 1.54) is 16.7 Å². The number of hydrogen-bond acceptors (Lipinski definition) is 2. The van der Waals surface area contributed by atoms with Gasteiger partial charge in [-0.3, -0.25) is 9.59 Å². The van der Waals surface area contributed by atoms with Crippen LogP contribution in [-0.4, -0.2) is 36.3 Å². The van der Waals surface area contributed by atoms with Crippen molar-refractivity contribution in [2.45, 2.75) is 52.9 Å². The molecule has 1 aromatic rings. The summed E-state index contributed by atoms with van der Waals surface area (Å²) in [5, 5.41) is 2.90. The number of aryl methyl sites for hydroxylation is 2. The molecule has 1 aromatic carbocycles. The Labute approximate surface area is 157 Å². The van der Waals surface area contributed by atoms with Crippen LogP contribution in [0.15, 0.2) is 18.2 Å². The summed E-state index contributed by atoms with van der Waals surface area (Å²) < 4.78 is 0. The summed E-state index contributed by atoms with van der Waals surface area (Å²) in [6, 6.07) is 6.80. The van der Waals surface area contributed by atoms with Crippen LogP contribution in [0.4, 0.5) is 0 Å². The predicted molar refractivity (Wildman–Crippen MR) is 104 cm³/mol. The molecule has 0 spiro atoms. The van der Waals surface area contributed by atoms with E-state index in [2.05, 4.69) is 44.3 Å². The molecule has 2 aliphatic rings. The van der Waals surface area contributed by atoms with Gasteiger partial charge in [-0.15, -0.1) is 0 Å². The molecule has 26 heavy (non-hydrogen) atoms. The van der Waals surface area contributed by atoms with Gasteiger partial charge in [-0.25, -0.2) is 0 Å². The van der Waals surface area contributed by atoms with Crippen molar-refractivity contribution in [1.29, 1.82) is 0 Å². The molecule has 1 N–H and O–H groups in total. The Hall–Kier alpha value is -1.84. The van der Waals surface area contributed by atoms with Gasteiger partial charge in [-0.1, -0.05) is 38.5 Å². The zero-order valence-electron chi connectivity index (χ0n) is 16.5. The largest absolute Gasteiger partial charge is 0.355 e. The van der Waals surface area contributed by atoms with Gasteiger partial charge >= 0.3 is 0 Å². The van der Waals surface area contributed by atoms with Crippen molar-refractivity contribution < 1.29 is 9.59 Å². The zero-order chi connectivity index (χ0) is 18.8. The molecular formula is C22H32N2O2. The van der Waals surface area contributed by atoms with Crippen LogP contribution in [0.2, 0.25) is 0 Å². The van der Waals surface area contributed by atoms with Crippen LogP contribution >= 0.6 is 0 Å². The van der Waals surface area contributed by atoms with Gasteiger partial charge in [0.2, 0.25) is 11.8 Å². The summed E-state index contributed by atoms with van der Waals surface area (Å²) in [4.78, 5) is 26.5. The van der Waals surface area contributed by atoms with E-state index in [1.807, 2.05) is 11.8 Å². The Kier molecular flexibility index (Phi) is 5.69. The molecule has 1 heterocycles. The van der Waals surface area contributed by atoms with Crippen LogP contribution in [-0.2, 0) is 9.59 Å². The summed E-state index contributed by atoms with van der Waals surface area (Å²) in [6.07, 6.45) is 2.28. The first-order valence-corrected chi connectivity index (χ1v) is 10.1.